The average Bonchev–Trinajstić information content (AvgIpc) is 2.12. The van der Waals surface area contributed by atoms with Crippen LogP contribution in [0.2, 0.25) is 0 Å². The number of nitrogens with zero attached hydrogens (tertiary/aromatic N) is 2. The molecule has 0 aromatic heterocycles. The summed E-state index contributed by atoms with van der Waals surface area (Å²) in [5.74, 6) is -0.571. The van der Waals surface area contributed by atoms with Gasteiger partial charge in [-0.05, 0) is 7.05 Å². The minimum absolute atomic E-state index is 0.200. The maximum Gasteiger partial charge on any atom is 0.415 e. The Hall–Kier alpha value is -1.33. The lowest BCUT2D eigenvalue weighted by Crippen LogP contribution is -2.43. The minimum Gasteiger partial charge on any atom is -0.382 e. The molecule has 0 aliphatic heterocycles. The third-order valence-electron chi connectivity index (χ3n) is 1.64. The molecule has 0 fully saturated rings. The van der Waals surface area contributed by atoms with Crippen LogP contribution in [-0.2, 0) is 4.79 Å². The lowest BCUT2D eigenvalue weighted by Gasteiger charge is -2.21. The number of likely N-dealkylation sites (N-methyl/N-ethyl adjacent to an activating group) is 1. The highest BCUT2D eigenvalue weighted by Crippen LogP contribution is 2.20. The van der Waals surface area contributed by atoms with Crippen molar-refractivity contribution >= 4 is 5.91 Å². The van der Waals surface area contributed by atoms with Crippen molar-refractivity contribution in [1.82, 2.24) is 10.2 Å². The number of hydrogen-bond donors (Lipinski definition) is 2. The fraction of sp³-hybridized carbons (Fsp3) is 0.750. The van der Waals surface area contributed by atoms with Crippen LogP contribution in [0, 0.1) is 11.3 Å². The number of nitriles is 1. The van der Waals surface area contributed by atoms with Gasteiger partial charge >= 0.3 is 6.18 Å². The van der Waals surface area contributed by atoms with Gasteiger partial charge in [-0.15, -0.1) is 0 Å². The molecule has 1 amide bonds. The van der Waals surface area contributed by atoms with Gasteiger partial charge in [0.2, 0.25) is 5.91 Å². The van der Waals surface area contributed by atoms with Crippen LogP contribution in [-0.4, -0.2) is 54.9 Å². The Morgan fingerprint density at radius 2 is 2.19 bits per heavy atom. The van der Waals surface area contributed by atoms with Gasteiger partial charge in [0.25, 0.3) is 0 Å². The highest BCUT2D eigenvalue weighted by molar-refractivity contribution is 5.78. The summed E-state index contributed by atoms with van der Waals surface area (Å²) in [5, 5.41) is 19.0. The smallest absolute Gasteiger partial charge is 0.382 e. The van der Waals surface area contributed by atoms with Gasteiger partial charge in [0.1, 0.15) is 6.54 Å². The number of carbonyl (C=O) groups excluding carboxylic acids is 1. The molecular formula is C8H12F3N3O2. The summed E-state index contributed by atoms with van der Waals surface area (Å²) < 4.78 is 35.8. The third kappa shape index (κ3) is 6.21. The molecule has 0 saturated heterocycles. The molecule has 0 aliphatic rings. The summed E-state index contributed by atoms with van der Waals surface area (Å²) in [6.07, 6.45) is -7.18. The molecule has 2 N–H and O–H groups in total. The van der Waals surface area contributed by atoms with E-state index in [1.165, 1.54) is 7.05 Å². The van der Waals surface area contributed by atoms with E-state index in [-0.39, 0.29) is 13.1 Å². The standard InChI is InChI=1S/C8H12F3N3O2/c1-14(4-6(15)8(9,10)11)5-7(16)13-3-2-12/h6,15H,3-5H2,1H3,(H,13,16). The van der Waals surface area contributed by atoms with Gasteiger partial charge in [-0.1, -0.05) is 0 Å². The molecule has 0 radical (unpaired) electrons. The van der Waals surface area contributed by atoms with Crippen molar-refractivity contribution in [2.24, 2.45) is 0 Å². The van der Waals surface area contributed by atoms with Crippen molar-refractivity contribution in [3.8, 4) is 6.07 Å². The number of alkyl halides is 3. The fourth-order valence-electron chi connectivity index (χ4n) is 0.902. The normalized spacial score (nSPS) is 13.3. The van der Waals surface area contributed by atoms with Crippen molar-refractivity contribution in [2.45, 2.75) is 12.3 Å². The molecule has 0 spiro atoms. The van der Waals surface area contributed by atoms with Crippen LogP contribution in [0.25, 0.3) is 0 Å². The molecule has 8 heteroatoms. The molecule has 0 aromatic rings. The van der Waals surface area contributed by atoms with Crippen molar-refractivity contribution in [1.29, 1.82) is 5.26 Å². The van der Waals surface area contributed by atoms with Gasteiger partial charge in [-0.25, -0.2) is 0 Å². The van der Waals surface area contributed by atoms with E-state index < -0.39 is 24.7 Å². The number of nitrogens with one attached hydrogen (secondary N) is 1. The Morgan fingerprint density at radius 3 is 2.62 bits per heavy atom. The van der Waals surface area contributed by atoms with E-state index in [1.54, 1.807) is 6.07 Å². The average molecular weight is 239 g/mol. The predicted octanol–water partition coefficient (Wildman–Crippen LogP) is -0.519. The van der Waals surface area contributed by atoms with Crippen LogP contribution < -0.4 is 5.32 Å². The molecule has 0 aromatic carbocycles. The lowest BCUT2D eigenvalue weighted by atomic mass is 10.3. The molecule has 1 unspecified atom stereocenters. The Morgan fingerprint density at radius 1 is 1.62 bits per heavy atom. The van der Waals surface area contributed by atoms with Crippen LogP contribution in [0.1, 0.15) is 0 Å². The first-order chi connectivity index (χ1) is 7.27. The van der Waals surface area contributed by atoms with Crippen molar-refractivity contribution < 1.29 is 23.1 Å². The number of amides is 1. The first kappa shape index (κ1) is 14.7. The summed E-state index contributed by atoms with van der Waals surface area (Å²) >= 11 is 0. The first-order valence-electron chi connectivity index (χ1n) is 4.34. The van der Waals surface area contributed by atoms with Crippen molar-refractivity contribution in [3.05, 3.63) is 0 Å². The number of halogens is 3. The summed E-state index contributed by atoms with van der Waals surface area (Å²) in [6.45, 7) is -1.20. The molecule has 16 heavy (non-hydrogen) atoms. The van der Waals surface area contributed by atoms with E-state index in [0.717, 1.165) is 4.90 Å². The zero-order valence-electron chi connectivity index (χ0n) is 8.58. The van der Waals surface area contributed by atoms with Crippen LogP contribution in [0.15, 0.2) is 0 Å². The largest absolute Gasteiger partial charge is 0.415 e. The van der Waals surface area contributed by atoms with E-state index in [9.17, 15) is 18.0 Å². The van der Waals surface area contributed by atoms with Crippen LogP contribution in [0.4, 0.5) is 13.2 Å². The number of carbonyl (C=O) groups is 1. The van der Waals surface area contributed by atoms with E-state index in [2.05, 4.69) is 5.32 Å². The molecule has 0 heterocycles. The molecule has 0 saturated carbocycles. The summed E-state index contributed by atoms with van der Waals surface area (Å²) in [7, 11) is 1.26. The molecular weight excluding hydrogens is 227 g/mol. The summed E-state index contributed by atoms with van der Waals surface area (Å²) in [6, 6.07) is 1.66. The second kappa shape index (κ2) is 6.30. The summed E-state index contributed by atoms with van der Waals surface area (Å²) in [4.78, 5) is 12.0. The number of aliphatic hydroxyl groups is 1. The van der Waals surface area contributed by atoms with Crippen LogP contribution in [0.5, 0.6) is 0 Å². The summed E-state index contributed by atoms with van der Waals surface area (Å²) in [5.41, 5.74) is 0. The Balaban J connectivity index is 3.95. The van der Waals surface area contributed by atoms with Gasteiger partial charge in [0.15, 0.2) is 6.10 Å². The van der Waals surface area contributed by atoms with Gasteiger partial charge in [-0.3, -0.25) is 9.69 Å². The zero-order valence-corrected chi connectivity index (χ0v) is 8.58. The van der Waals surface area contributed by atoms with Crippen molar-refractivity contribution in [3.63, 3.8) is 0 Å². The fourth-order valence-corrected chi connectivity index (χ4v) is 0.902. The quantitative estimate of drug-likeness (QED) is 0.633. The van der Waals surface area contributed by atoms with Gasteiger partial charge < -0.3 is 10.4 Å². The maximum absolute atomic E-state index is 11.9. The molecule has 92 valence electrons. The van der Waals surface area contributed by atoms with E-state index in [1.807, 2.05) is 0 Å². The molecule has 0 aliphatic carbocycles. The Bertz CT molecular complexity index is 275. The van der Waals surface area contributed by atoms with E-state index >= 15 is 0 Å². The van der Waals surface area contributed by atoms with Gasteiger partial charge in [0.05, 0.1) is 12.6 Å². The van der Waals surface area contributed by atoms with E-state index in [4.69, 9.17) is 10.4 Å². The van der Waals surface area contributed by atoms with E-state index in [0.29, 0.717) is 0 Å². The van der Waals surface area contributed by atoms with Gasteiger partial charge in [-0.2, -0.15) is 18.4 Å². The predicted molar refractivity (Wildman–Crippen MR) is 48.2 cm³/mol. The minimum atomic E-state index is -4.70. The van der Waals surface area contributed by atoms with Gasteiger partial charge in [0, 0.05) is 6.54 Å². The second-order valence-corrected chi connectivity index (χ2v) is 3.19. The Kier molecular flexibility index (Phi) is 5.77. The molecule has 0 rings (SSSR count). The lowest BCUT2D eigenvalue weighted by molar-refractivity contribution is -0.207. The highest BCUT2D eigenvalue weighted by Gasteiger charge is 2.38. The maximum atomic E-state index is 11.9. The van der Waals surface area contributed by atoms with Crippen LogP contribution >= 0.6 is 0 Å². The SMILES string of the molecule is CN(CC(=O)NCC#N)CC(O)C(F)(F)F. The number of rotatable bonds is 5. The highest BCUT2D eigenvalue weighted by atomic mass is 19.4. The topological polar surface area (TPSA) is 76.4 Å². The van der Waals surface area contributed by atoms with Crippen LogP contribution in [0.3, 0.4) is 0 Å². The second-order valence-electron chi connectivity index (χ2n) is 3.19. The zero-order chi connectivity index (χ0) is 12.8. The monoisotopic (exact) mass is 239 g/mol. The first-order valence-corrected chi connectivity index (χ1v) is 4.34. The number of aliphatic hydroxyl groups excluding tert-OH is 1. The Labute approximate surface area is 90.4 Å². The molecule has 1 atom stereocenters. The van der Waals surface area contributed by atoms with Crippen molar-refractivity contribution in [2.75, 3.05) is 26.7 Å². The number of hydrogen-bond acceptors (Lipinski definition) is 4. The molecule has 5 nitrogen and oxygen atoms in total. The third-order valence-corrected chi connectivity index (χ3v) is 1.64. The molecule has 0 bridgehead atoms.